The molecule has 1 N–H and O–H groups in total. The van der Waals surface area contributed by atoms with Gasteiger partial charge in [0.2, 0.25) is 0 Å². The van der Waals surface area contributed by atoms with Crippen molar-refractivity contribution in [1.29, 1.82) is 0 Å². The van der Waals surface area contributed by atoms with Crippen molar-refractivity contribution in [1.82, 2.24) is 14.8 Å². The van der Waals surface area contributed by atoms with Gasteiger partial charge >= 0.3 is 0 Å². The maximum absolute atomic E-state index is 13.7. The number of amides is 1. The molecule has 0 aliphatic heterocycles. The molecule has 3 rings (SSSR count). The van der Waals surface area contributed by atoms with Gasteiger partial charge in [0.25, 0.3) is 5.91 Å². The molecule has 0 atom stereocenters. The minimum atomic E-state index is -0.578. The van der Waals surface area contributed by atoms with Crippen LogP contribution in [0.15, 0.2) is 59.6 Å². The van der Waals surface area contributed by atoms with Gasteiger partial charge in [-0.25, -0.2) is 14.1 Å². The lowest BCUT2D eigenvalue weighted by Gasteiger charge is -2.07. The Morgan fingerprint density at radius 1 is 1.18 bits per heavy atom. The van der Waals surface area contributed by atoms with Crippen LogP contribution in [0.2, 0.25) is 0 Å². The number of nitrogens with one attached hydrogen (secondary N) is 1. The second-order valence-electron chi connectivity index (χ2n) is 4.47. The maximum atomic E-state index is 13.7. The van der Waals surface area contributed by atoms with Crippen LogP contribution in [0.5, 0.6) is 0 Å². The van der Waals surface area contributed by atoms with E-state index in [1.54, 1.807) is 41.3 Å². The number of aromatic nitrogens is 3. The van der Waals surface area contributed by atoms with Gasteiger partial charge in [-0.3, -0.25) is 4.79 Å². The van der Waals surface area contributed by atoms with Crippen molar-refractivity contribution in [3.63, 3.8) is 0 Å². The Labute approximate surface area is 133 Å². The second-order valence-corrected chi connectivity index (χ2v) is 5.38. The summed E-state index contributed by atoms with van der Waals surface area (Å²) in [5.41, 5.74) is 1.37. The molecule has 1 amide bonds. The number of carbonyl (C=O) groups excluding carboxylic acids is 1. The van der Waals surface area contributed by atoms with E-state index in [2.05, 4.69) is 31.3 Å². The highest BCUT2D eigenvalue weighted by Crippen LogP contribution is 2.18. The monoisotopic (exact) mass is 360 g/mol. The van der Waals surface area contributed by atoms with Gasteiger partial charge in [0, 0.05) is 10.2 Å². The summed E-state index contributed by atoms with van der Waals surface area (Å²) in [4.78, 5) is 15.9. The van der Waals surface area contributed by atoms with Crippen molar-refractivity contribution in [2.45, 2.75) is 0 Å². The lowest BCUT2D eigenvalue weighted by molar-refractivity contribution is 0.102. The molecule has 0 saturated carbocycles. The third kappa shape index (κ3) is 3.04. The molecule has 22 heavy (non-hydrogen) atoms. The summed E-state index contributed by atoms with van der Waals surface area (Å²) in [6.45, 7) is 0. The molecule has 0 unspecified atom stereocenters. The van der Waals surface area contributed by atoms with E-state index in [1.807, 2.05) is 0 Å². The van der Waals surface area contributed by atoms with Crippen molar-refractivity contribution in [3.8, 4) is 5.69 Å². The van der Waals surface area contributed by atoms with E-state index in [-0.39, 0.29) is 5.56 Å². The Morgan fingerprint density at radius 3 is 2.59 bits per heavy atom. The third-order valence-corrected chi connectivity index (χ3v) is 3.48. The molecule has 0 aliphatic carbocycles. The first kappa shape index (κ1) is 14.4. The Kier molecular flexibility index (Phi) is 3.97. The number of anilines is 1. The zero-order valence-electron chi connectivity index (χ0n) is 11.2. The molecular weight excluding hydrogens is 351 g/mol. The summed E-state index contributed by atoms with van der Waals surface area (Å²) in [5, 5.41) is 6.66. The summed E-state index contributed by atoms with van der Waals surface area (Å²) in [6.07, 6.45) is 3.01. The average molecular weight is 361 g/mol. The fourth-order valence-electron chi connectivity index (χ4n) is 1.91. The number of nitrogens with zero attached hydrogens (tertiary/aromatic N) is 3. The van der Waals surface area contributed by atoms with Gasteiger partial charge in [-0.1, -0.05) is 15.9 Å². The van der Waals surface area contributed by atoms with Gasteiger partial charge in [0.1, 0.15) is 18.5 Å². The van der Waals surface area contributed by atoms with Crippen LogP contribution >= 0.6 is 15.9 Å². The topological polar surface area (TPSA) is 59.8 Å². The quantitative estimate of drug-likeness (QED) is 0.778. The molecule has 0 spiro atoms. The standard InChI is InChI=1S/C15H10BrFN4O/c16-10-1-6-13(14(17)7-10)15(22)20-11-2-4-12(5-3-11)21-9-18-8-19-21/h1-9H,(H,20,22). The number of rotatable bonds is 3. The molecule has 0 radical (unpaired) electrons. The first-order valence-corrected chi connectivity index (χ1v) is 7.14. The lowest BCUT2D eigenvalue weighted by Crippen LogP contribution is -2.13. The molecule has 0 bridgehead atoms. The number of benzene rings is 2. The molecule has 1 heterocycles. The Bertz CT molecular complexity index is 803. The third-order valence-electron chi connectivity index (χ3n) is 2.98. The van der Waals surface area contributed by atoms with Gasteiger partial charge in [-0.15, -0.1) is 0 Å². The molecule has 0 saturated heterocycles. The van der Waals surface area contributed by atoms with E-state index in [9.17, 15) is 9.18 Å². The van der Waals surface area contributed by atoms with Gasteiger partial charge in [-0.05, 0) is 42.5 Å². The highest BCUT2D eigenvalue weighted by atomic mass is 79.9. The largest absolute Gasteiger partial charge is 0.322 e. The minimum absolute atomic E-state index is 0.0106. The Hall–Kier alpha value is -2.54. The number of halogens is 2. The highest BCUT2D eigenvalue weighted by Gasteiger charge is 2.12. The van der Waals surface area contributed by atoms with Crippen LogP contribution in [0.1, 0.15) is 10.4 Å². The molecular formula is C15H10BrFN4O. The van der Waals surface area contributed by atoms with Crippen LogP contribution < -0.4 is 5.32 Å². The zero-order chi connectivity index (χ0) is 15.5. The number of hydrogen-bond donors (Lipinski definition) is 1. The fraction of sp³-hybridized carbons (Fsp3) is 0. The van der Waals surface area contributed by atoms with Crippen LogP contribution in [0, 0.1) is 5.82 Å². The van der Waals surface area contributed by atoms with Crippen molar-refractivity contribution in [3.05, 3.63) is 71.0 Å². The van der Waals surface area contributed by atoms with E-state index in [4.69, 9.17) is 0 Å². The summed E-state index contributed by atoms with van der Waals surface area (Å²) in [6, 6.07) is 11.3. The summed E-state index contributed by atoms with van der Waals surface area (Å²) in [7, 11) is 0. The summed E-state index contributed by atoms with van der Waals surface area (Å²) >= 11 is 3.15. The molecule has 5 nitrogen and oxygen atoms in total. The first-order valence-electron chi connectivity index (χ1n) is 6.35. The van der Waals surface area contributed by atoms with Gasteiger partial charge in [0.15, 0.2) is 0 Å². The number of hydrogen-bond acceptors (Lipinski definition) is 3. The van der Waals surface area contributed by atoms with Crippen LogP contribution in [0.3, 0.4) is 0 Å². The van der Waals surface area contributed by atoms with Gasteiger partial charge in [-0.2, -0.15) is 5.10 Å². The maximum Gasteiger partial charge on any atom is 0.258 e. The van der Waals surface area contributed by atoms with E-state index in [0.29, 0.717) is 10.2 Å². The molecule has 110 valence electrons. The van der Waals surface area contributed by atoms with Crippen LogP contribution in [0.25, 0.3) is 5.69 Å². The molecule has 3 aromatic rings. The smallest absolute Gasteiger partial charge is 0.258 e. The van der Waals surface area contributed by atoms with E-state index in [0.717, 1.165) is 5.69 Å². The SMILES string of the molecule is O=C(Nc1ccc(-n2cncn2)cc1)c1ccc(Br)cc1F. The van der Waals surface area contributed by atoms with Gasteiger partial charge in [0.05, 0.1) is 11.3 Å². The number of carbonyl (C=O) groups is 1. The second kappa shape index (κ2) is 6.07. The molecule has 0 fully saturated rings. The normalized spacial score (nSPS) is 10.5. The Morgan fingerprint density at radius 2 is 1.95 bits per heavy atom. The molecule has 7 heteroatoms. The van der Waals surface area contributed by atoms with E-state index < -0.39 is 11.7 Å². The molecule has 2 aromatic carbocycles. The average Bonchev–Trinajstić information content (AvgIpc) is 3.02. The minimum Gasteiger partial charge on any atom is -0.322 e. The van der Waals surface area contributed by atoms with Crippen molar-refractivity contribution < 1.29 is 9.18 Å². The predicted molar refractivity (Wildman–Crippen MR) is 83.4 cm³/mol. The molecule has 0 aliphatic rings. The van der Waals surface area contributed by atoms with Crippen LogP contribution in [-0.2, 0) is 0 Å². The predicted octanol–water partition coefficient (Wildman–Crippen LogP) is 3.42. The van der Waals surface area contributed by atoms with E-state index >= 15 is 0 Å². The van der Waals surface area contributed by atoms with E-state index in [1.165, 1.54) is 18.5 Å². The van der Waals surface area contributed by atoms with Gasteiger partial charge < -0.3 is 5.32 Å². The zero-order valence-corrected chi connectivity index (χ0v) is 12.8. The molecule has 1 aromatic heterocycles. The lowest BCUT2D eigenvalue weighted by atomic mass is 10.2. The van der Waals surface area contributed by atoms with Crippen molar-refractivity contribution >= 4 is 27.5 Å². The van der Waals surface area contributed by atoms with Crippen LogP contribution in [0.4, 0.5) is 10.1 Å². The first-order chi connectivity index (χ1) is 10.6. The van der Waals surface area contributed by atoms with Crippen LogP contribution in [-0.4, -0.2) is 20.7 Å². The fourth-order valence-corrected chi connectivity index (χ4v) is 2.24. The summed E-state index contributed by atoms with van der Waals surface area (Å²) in [5.74, 6) is -1.08. The van der Waals surface area contributed by atoms with Crippen molar-refractivity contribution in [2.24, 2.45) is 0 Å². The van der Waals surface area contributed by atoms with Crippen molar-refractivity contribution in [2.75, 3.05) is 5.32 Å². The summed E-state index contributed by atoms with van der Waals surface area (Å²) < 4.78 is 15.9. The Balaban J connectivity index is 1.77. The highest BCUT2D eigenvalue weighted by molar-refractivity contribution is 9.10.